The number of hydrogen-bond donors (Lipinski definition) is 1. The van der Waals surface area contributed by atoms with E-state index >= 15 is 0 Å². The first-order valence-corrected chi connectivity index (χ1v) is 13.3. The first-order chi connectivity index (χ1) is 18.6. The number of fused-ring (bicyclic) bond motifs is 1. The molecule has 5 rings (SSSR count). The molecule has 3 aromatic rings. The quantitative estimate of drug-likeness (QED) is 0.432. The van der Waals surface area contributed by atoms with Crippen LogP contribution in [0.25, 0.3) is 0 Å². The number of nitrogens with zero attached hydrogens (tertiary/aromatic N) is 3. The van der Waals surface area contributed by atoms with E-state index in [9.17, 15) is 9.59 Å². The van der Waals surface area contributed by atoms with Crippen molar-refractivity contribution in [3.8, 4) is 17.6 Å². The molecule has 0 saturated carbocycles. The summed E-state index contributed by atoms with van der Waals surface area (Å²) < 4.78 is 16.7. The van der Waals surface area contributed by atoms with Gasteiger partial charge in [-0.2, -0.15) is 5.26 Å². The Morgan fingerprint density at radius 3 is 2.63 bits per heavy atom. The summed E-state index contributed by atoms with van der Waals surface area (Å²) in [5, 5.41) is 13.9. The van der Waals surface area contributed by atoms with Crippen molar-refractivity contribution in [3.05, 3.63) is 76.0 Å². The van der Waals surface area contributed by atoms with Crippen molar-refractivity contribution in [2.24, 2.45) is 0 Å². The van der Waals surface area contributed by atoms with Gasteiger partial charge in [-0.15, -0.1) is 11.3 Å². The monoisotopic (exact) mass is 532 g/mol. The fourth-order valence-electron chi connectivity index (χ4n) is 4.43. The van der Waals surface area contributed by atoms with Gasteiger partial charge in [-0.25, -0.2) is 4.79 Å². The largest absolute Gasteiger partial charge is 0.454 e. The summed E-state index contributed by atoms with van der Waals surface area (Å²) in [4.78, 5) is 31.3. The van der Waals surface area contributed by atoms with Crippen molar-refractivity contribution in [2.45, 2.75) is 32.0 Å². The zero-order valence-corrected chi connectivity index (χ0v) is 21.6. The van der Waals surface area contributed by atoms with Crippen LogP contribution in [0.2, 0.25) is 0 Å². The predicted octanol–water partition coefficient (Wildman–Crippen LogP) is 4.59. The lowest BCUT2D eigenvalue weighted by Gasteiger charge is -2.29. The lowest BCUT2D eigenvalue weighted by Crippen LogP contribution is -2.46. The molecule has 0 bridgehead atoms. The Balaban J connectivity index is 1.33. The van der Waals surface area contributed by atoms with E-state index in [4.69, 9.17) is 19.5 Å². The van der Waals surface area contributed by atoms with E-state index in [-0.39, 0.29) is 25.3 Å². The molecule has 0 radical (unpaired) electrons. The summed E-state index contributed by atoms with van der Waals surface area (Å²) in [6.45, 7) is 1.83. The minimum absolute atomic E-state index is 0.0993. The molecular formula is C28H28N4O5S. The van der Waals surface area contributed by atoms with E-state index in [0.29, 0.717) is 49.0 Å². The number of thiophene rings is 1. The van der Waals surface area contributed by atoms with Gasteiger partial charge in [0.15, 0.2) is 11.5 Å². The highest BCUT2D eigenvalue weighted by Crippen LogP contribution is 2.33. The second-order valence-electron chi connectivity index (χ2n) is 9.15. The molecule has 3 amide bonds. The average molecular weight is 533 g/mol. The van der Waals surface area contributed by atoms with Gasteiger partial charge in [0, 0.05) is 30.3 Å². The van der Waals surface area contributed by atoms with Gasteiger partial charge in [0.25, 0.3) is 0 Å². The van der Waals surface area contributed by atoms with E-state index in [1.807, 2.05) is 35.7 Å². The number of rotatable bonds is 9. The second kappa shape index (κ2) is 12.0. The molecular weight excluding hydrogens is 504 g/mol. The number of benzene rings is 2. The number of carbonyl (C=O) groups is 2. The van der Waals surface area contributed by atoms with E-state index < -0.39 is 6.03 Å². The number of nitriles is 1. The normalized spacial score (nSPS) is 15.6. The third-order valence-electron chi connectivity index (χ3n) is 6.42. The number of urea groups is 1. The topological polar surface area (TPSA) is 104 Å². The molecule has 3 heterocycles. The predicted molar refractivity (Wildman–Crippen MR) is 142 cm³/mol. The molecule has 1 aromatic heterocycles. The van der Waals surface area contributed by atoms with E-state index in [0.717, 1.165) is 23.3 Å². The number of hydrogen-bond acceptors (Lipinski definition) is 7. The SMILES string of the molecule is N#Cc1ccc(NC(=O)N(CC(=O)N(Cc2ccc3c(c2)OCO3)Cc2cccs2)C[C@H]2CCCO2)cc1. The van der Waals surface area contributed by atoms with E-state index in [1.165, 1.54) is 4.90 Å². The Kier molecular flexibility index (Phi) is 8.06. The molecule has 38 heavy (non-hydrogen) atoms. The molecule has 2 aliphatic rings. The first-order valence-electron chi connectivity index (χ1n) is 12.4. The van der Waals surface area contributed by atoms with Crippen LogP contribution in [0.3, 0.4) is 0 Å². The lowest BCUT2D eigenvalue weighted by atomic mass is 10.1. The smallest absolute Gasteiger partial charge is 0.322 e. The molecule has 1 N–H and O–H groups in total. The van der Waals surface area contributed by atoms with Gasteiger partial charge >= 0.3 is 6.03 Å². The fourth-order valence-corrected chi connectivity index (χ4v) is 5.15. The summed E-state index contributed by atoms with van der Waals surface area (Å²) in [6.07, 6.45) is 1.65. The summed E-state index contributed by atoms with van der Waals surface area (Å²) >= 11 is 1.58. The summed E-state index contributed by atoms with van der Waals surface area (Å²) in [5.41, 5.74) is 1.96. The van der Waals surface area contributed by atoms with Gasteiger partial charge in [0.1, 0.15) is 6.54 Å². The lowest BCUT2D eigenvalue weighted by molar-refractivity contribution is -0.133. The third-order valence-corrected chi connectivity index (χ3v) is 7.28. The van der Waals surface area contributed by atoms with Gasteiger partial charge in [-0.1, -0.05) is 12.1 Å². The number of anilines is 1. The van der Waals surface area contributed by atoms with Crippen LogP contribution in [-0.2, 0) is 22.6 Å². The summed E-state index contributed by atoms with van der Waals surface area (Å²) in [5.74, 6) is 1.17. The molecule has 1 saturated heterocycles. The van der Waals surface area contributed by atoms with Crippen molar-refractivity contribution in [1.29, 1.82) is 5.26 Å². The van der Waals surface area contributed by atoms with Crippen LogP contribution in [0.1, 0.15) is 28.8 Å². The van der Waals surface area contributed by atoms with Crippen LogP contribution in [0.4, 0.5) is 10.5 Å². The third kappa shape index (κ3) is 6.43. The zero-order valence-electron chi connectivity index (χ0n) is 20.8. The Hall–Kier alpha value is -4.07. The molecule has 1 atom stereocenters. The van der Waals surface area contributed by atoms with Gasteiger partial charge < -0.3 is 29.3 Å². The molecule has 2 aliphatic heterocycles. The first kappa shape index (κ1) is 25.6. The van der Waals surface area contributed by atoms with Crippen LogP contribution in [-0.4, -0.2) is 54.3 Å². The van der Waals surface area contributed by atoms with Crippen LogP contribution >= 0.6 is 11.3 Å². The Morgan fingerprint density at radius 2 is 1.89 bits per heavy atom. The van der Waals surface area contributed by atoms with E-state index in [2.05, 4.69) is 11.4 Å². The van der Waals surface area contributed by atoms with Gasteiger partial charge in [-0.05, 0) is 66.2 Å². The van der Waals surface area contributed by atoms with Crippen molar-refractivity contribution < 1.29 is 23.8 Å². The van der Waals surface area contributed by atoms with Gasteiger partial charge in [0.05, 0.1) is 24.3 Å². The molecule has 0 unspecified atom stereocenters. The van der Waals surface area contributed by atoms with Gasteiger partial charge in [-0.3, -0.25) is 4.79 Å². The number of ether oxygens (including phenoxy) is 3. The number of nitrogens with one attached hydrogen (secondary N) is 1. The molecule has 1 fully saturated rings. The van der Waals surface area contributed by atoms with Crippen molar-refractivity contribution in [1.82, 2.24) is 9.80 Å². The van der Waals surface area contributed by atoms with Crippen LogP contribution < -0.4 is 14.8 Å². The fraction of sp³-hybridized carbons (Fsp3) is 0.321. The Morgan fingerprint density at radius 1 is 1.05 bits per heavy atom. The minimum atomic E-state index is -0.391. The highest BCUT2D eigenvalue weighted by molar-refractivity contribution is 7.09. The highest BCUT2D eigenvalue weighted by atomic mass is 32.1. The van der Waals surface area contributed by atoms with Gasteiger partial charge in [0.2, 0.25) is 12.7 Å². The summed E-state index contributed by atoms with van der Waals surface area (Å²) in [6, 6.07) is 17.9. The van der Waals surface area contributed by atoms with E-state index in [1.54, 1.807) is 40.5 Å². The summed E-state index contributed by atoms with van der Waals surface area (Å²) in [7, 11) is 0. The van der Waals surface area contributed by atoms with Crippen molar-refractivity contribution in [3.63, 3.8) is 0 Å². The van der Waals surface area contributed by atoms with Crippen molar-refractivity contribution in [2.75, 3.05) is 31.8 Å². The maximum atomic E-state index is 13.7. The molecule has 196 valence electrons. The second-order valence-corrected chi connectivity index (χ2v) is 10.2. The molecule has 0 spiro atoms. The van der Waals surface area contributed by atoms with Crippen LogP contribution in [0.5, 0.6) is 11.5 Å². The molecule has 2 aromatic carbocycles. The molecule has 0 aliphatic carbocycles. The number of amides is 3. The molecule has 9 nitrogen and oxygen atoms in total. The van der Waals surface area contributed by atoms with Crippen LogP contribution in [0, 0.1) is 11.3 Å². The van der Waals surface area contributed by atoms with Crippen LogP contribution in [0.15, 0.2) is 60.0 Å². The van der Waals surface area contributed by atoms with Crippen molar-refractivity contribution >= 4 is 29.0 Å². The molecule has 10 heteroatoms. The highest BCUT2D eigenvalue weighted by Gasteiger charge is 2.27. The Labute approximate surface area is 225 Å². The average Bonchev–Trinajstić information content (AvgIpc) is 3.71. The Bertz CT molecular complexity index is 1300. The maximum Gasteiger partial charge on any atom is 0.322 e. The number of carbonyl (C=O) groups excluding carboxylic acids is 2. The zero-order chi connectivity index (χ0) is 26.3. The minimum Gasteiger partial charge on any atom is -0.454 e. The standard InChI is InChI=1S/C28H28N4O5S/c29-14-20-5-8-22(9-6-20)30-28(34)32(16-23-3-1-11-35-23)18-27(33)31(17-24-4-2-12-38-24)15-21-7-10-25-26(13-21)37-19-36-25/h2,4-10,12-13,23H,1,3,11,15-19H2,(H,30,34)/t23-/m1/s1. The maximum absolute atomic E-state index is 13.7.